The highest BCUT2D eigenvalue weighted by molar-refractivity contribution is 6.09. The number of halogens is 3. The Morgan fingerprint density at radius 2 is 1.62 bits per heavy atom. The summed E-state index contributed by atoms with van der Waals surface area (Å²) in [6, 6.07) is 7.79. The van der Waals surface area contributed by atoms with E-state index in [-0.39, 0.29) is 23.7 Å². The van der Waals surface area contributed by atoms with E-state index in [1.807, 2.05) is 12.1 Å². The standard InChI is InChI=1S/C21H22F2N2O3.ClH/c1-21(2)7-9-24(10-8-21)12-3-5-13(6-4-12)25-17-14(18(26)20(25)28)11-15(22)19(27)16(17)23;/h3-6,11,18,26-27H,7-10H2,1-2H3;1H. The molecule has 0 bridgehead atoms. The summed E-state index contributed by atoms with van der Waals surface area (Å²) in [6.07, 6.45) is 0.479. The van der Waals surface area contributed by atoms with Crippen molar-refractivity contribution in [3.63, 3.8) is 0 Å². The molecule has 1 saturated heterocycles. The topological polar surface area (TPSA) is 64.0 Å². The molecule has 0 spiro atoms. The molecule has 2 aromatic rings. The predicted molar refractivity (Wildman–Crippen MR) is 109 cm³/mol. The normalized spacial score (nSPS) is 20.4. The summed E-state index contributed by atoms with van der Waals surface area (Å²) in [4.78, 5) is 15.7. The zero-order chi connectivity index (χ0) is 20.2. The predicted octanol–water partition coefficient (Wildman–Crippen LogP) is 4.43. The fourth-order valence-electron chi connectivity index (χ4n) is 3.86. The Bertz CT molecular complexity index is 940. The van der Waals surface area contributed by atoms with Gasteiger partial charge in [-0.15, -0.1) is 12.4 Å². The maximum Gasteiger partial charge on any atom is 0.265 e. The number of nitrogens with zero attached hydrogens (tertiary/aromatic N) is 2. The van der Waals surface area contributed by atoms with Crippen molar-refractivity contribution in [2.75, 3.05) is 22.9 Å². The Balaban J connectivity index is 0.00000240. The molecule has 2 aliphatic rings. The number of carbonyl (C=O) groups excluding carboxylic acids is 1. The van der Waals surface area contributed by atoms with Crippen LogP contribution in [0.15, 0.2) is 30.3 Å². The van der Waals surface area contributed by atoms with Crippen molar-refractivity contribution in [3.05, 3.63) is 47.5 Å². The zero-order valence-electron chi connectivity index (χ0n) is 16.2. The van der Waals surface area contributed by atoms with E-state index in [1.165, 1.54) is 0 Å². The number of amides is 1. The molecule has 4 rings (SSSR count). The van der Waals surface area contributed by atoms with Gasteiger partial charge in [-0.1, -0.05) is 13.8 Å². The average Bonchev–Trinajstić information content (AvgIpc) is 2.91. The van der Waals surface area contributed by atoms with Crippen LogP contribution in [0.25, 0.3) is 0 Å². The number of rotatable bonds is 2. The number of anilines is 3. The van der Waals surface area contributed by atoms with Gasteiger partial charge in [-0.25, -0.2) is 8.78 Å². The molecule has 0 aromatic heterocycles. The minimum absolute atomic E-state index is 0. The summed E-state index contributed by atoms with van der Waals surface area (Å²) >= 11 is 0. The molecule has 2 aliphatic heterocycles. The van der Waals surface area contributed by atoms with Crippen LogP contribution < -0.4 is 9.80 Å². The van der Waals surface area contributed by atoms with Gasteiger partial charge < -0.3 is 15.1 Å². The second kappa shape index (κ2) is 7.46. The lowest BCUT2D eigenvalue weighted by atomic mass is 9.82. The van der Waals surface area contributed by atoms with Crippen LogP contribution in [0.4, 0.5) is 25.8 Å². The first-order chi connectivity index (χ1) is 13.2. The van der Waals surface area contributed by atoms with Crippen molar-refractivity contribution < 1.29 is 23.8 Å². The van der Waals surface area contributed by atoms with Crippen molar-refractivity contribution in [2.24, 2.45) is 5.41 Å². The lowest BCUT2D eigenvalue weighted by molar-refractivity contribution is -0.125. The number of piperidine rings is 1. The summed E-state index contributed by atoms with van der Waals surface area (Å²) in [7, 11) is 0. The first-order valence-corrected chi connectivity index (χ1v) is 9.27. The van der Waals surface area contributed by atoms with Gasteiger partial charge in [0.2, 0.25) is 0 Å². The van der Waals surface area contributed by atoms with E-state index in [1.54, 1.807) is 12.1 Å². The fraction of sp³-hybridized carbons (Fsp3) is 0.381. The van der Waals surface area contributed by atoms with E-state index in [9.17, 15) is 23.8 Å². The Hall–Kier alpha value is -2.38. The van der Waals surface area contributed by atoms with Gasteiger partial charge in [0.15, 0.2) is 23.5 Å². The number of aliphatic hydroxyl groups excluding tert-OH is 1. The number of benzene rings is 2. The third kappa shape index (κ3) is 3.53. The Labute approximate surface area is 174 Å². The fourth-order valence-corrected chi connectivity index (χ4v) is 3.86. The summed E-state index contributed by atoms with van der Waals surface area (Å²) in [5.41, 5.74) is 1.15. The van der Waals surface area contributed by atoms with Gasteiger partial charge in [0.25, 0.3) is 5.91 Å². The number of fused-ring (bicyclic) bond motifs is 1. The van der Waals surface area contributed by atoms with Crippen LogP contribution in [0.1, 0.15) is 38.4 Å². The van der Waals surface area contributed by atoms with Crippen molar-refractivity contribution >= 4 is 35.4 Å². The number of hydrogen-bond acceptors (Lipinski definition) is 4. The number of carbonyl (C=O) groups is 1. The molecule has 0 aliphatic carbocycles. The quantitative estimate of drug-likeness (QED) is 0.748. The second-order valence-electron chi connectivity index (χ2n) is 8.20. The number of phenols is 1. The molecule has 1 atom stereocenters. The Morgan fingerprint density at radius 3 is 2.21 bits per heavy atom. The highest BCUT2D eigenvalue weighted by atomic mass is 35.5. The Morgan fingerprint density at radius 1 is 1.07 bits per heavy atom. The molecule has 1 unspecified atom stereocenters. The molecule has 2 N–H and O–H groups in total. The third-order valence-electron chi connectivity index (χ3n) is 5.76. The molecule has 2 heterocycles. The maximum absolute atomic E-state index is 14.5. The molecule has 1 amide bonds. The summed E-state index contributed by atoms with van der Waals surface area (Å²) in [5.74, 6) is -4.43. The van der Waals surface area contributed by atoms with Gasteiger partial charge in [-0.3, -0.25) is 9.69 Å². The van der Waals surface area contributed by atoms with E-state index in [2.05, 4.69) is 18.7 Å². The molecular weight excluding hydrogens is 402 g/mol. The average molecular weight is 425 g/mol. The van der Waals surface area contributed by atoms with Gasteiger partial charge in [0.05, 0.1) is 5.69 Å². The van der Waals surface area contributed by atoms with Crippen molar-refractivity contribution in [3.8, 4) is 5.75 Å². The van der Waals surface area contributed by atoms with E-state index in [4.69, 9.17) is 0 Å². The van der Waals surface area contributed by atoms with Gasteiger partial charge >= 0.3 is 0 Å². The van der Waals surface area contributed by atoms with Gasteiger partial charge in [0.1, 0.15) is 0 Å². The zero-order valence-corrected chi connectivity index (χ0v) is 17.0. The molecule has 5 nitrogen and oxygen atoms in total. The number of hydrogen-bond donors (Lipinski definition) is 2. The van der Waals surface area contributed by atoms with Gasteiger partial charge in [-0.2, -0.15) is 0 Å². The van der Waals surface area contributed by atoms with Crippen LogP contribution in [0.2, 0.25) is 0 Å². The maximum atomic E-state index is 14.5. The smallest absolute Gasteiger partial charge is 0.265 e. The van der Waals surface area contributed by atoms with Crippen LogP contribution in [-0.2, 0) is 4.79 Å². The third-order valence-corrected chi connectivity index (χ3v) is 5.76. The molecule has 2 aromatic carbocycles. The van der Waals surface area contributed by atoms with E-state index >= 15 is 0 Å². The van der Waals surface area contributed by atoms with Crippen LogP contribution in [0, 0.1) is 17.0 Å². The number of phenolic OH excluding ortho intramolecular Hbond substituents is 1. The van der Waals surface area contributed by atoms with Crippen LogP contribution in [0.5, 0.6) is 5.75 Å². The first-order valence-electron chi connectivity index (χ1n) is 9.27. The molecule has 0 saturated carbocycles. The summed E-state index contributed by atoms with van der Waals surface area (Å²) in [5, 5.41) is 19.7. The minimum atomic E-state index is -1.68. The lowest BCUT2D eigenvalue weighted by Crippen LogP contribution is -2.37. The minimum Gasteiger partial charge on any atom is -0.503 e. The highest BCUT2D eigenvalue weighted by Gasteiger charge is 2.41. The van der Waals surface area contributed by atoms with E-state index in [0.717, 1.165) is 42.6 Å². The van der Waals surface area contributed by atoms with Crippen LogP contribution >= 0.6 is 12.4 Å². The number of aliphatic hydroxyl groups is 1. The Kier molecular flexibility index (Phi) is 5.49. The van der Waals surface area contributed by atoms with Crippen LogP contribution in [-0.4, -0.2) is 29.2 Å². The van der Waals surface area contributed by atoms with Crippen LogP contribution in [0.3, 0.4) is 0 Å². The summed E-state index contributed by atoms with van der Waals surface area (Å²) < 4.78 is 28.1. The molecule has 8 heteroatoms. The lowest BCUT2D eigenvalue weighted by Gasteiger charge is -2.38. The van der Waals surface area contributed by atoms with E-state index < -0.39 is 29.4 Å². The largest absolute Gasteiger partial charge is 0.503 e. The van der Waals surface area contributed by atoms with E-state index in [0.29, 0.717) is 11.1 Å². The van der Waals surface area contributed by atoms with Crippen molar-refractivity contribution in [1.29, 1.82) is 0 Å². The highest BCUT2D eigenvalue weighted by Crippen LogP contribution is 2.46. The molecule has 1 fully saturated rings. The summed E-state index contributed by atoms with van der Waals surface area (Å²) in [6.45, 7) is 6.36. The molecule has 156 valence electrons. The van der Waals surface area contributed by atoms with Gasteiger partial charge in [-0.05, 0) is 48.6 Å². The first kappa shape index (κ1) is 21.3. The monoisotopic (exact) mass is 424 g/mol. The molecule has 29 heavy (non-hydrogen) atoms. The van der Waals surface area contributed by atoms with Crippen molar-refractivity contribution in [1.82, 2.24) is 0 Å². The van der Waals surface area contributed by atoms with Gasteiger partial charge in [0, 0.05) is 30.0 Å². The van der Waals surface area contributed by atoms with Crippen molar-refractivity contribution in [2.45, 2.75) is 32.8 Å². The molecule has 0 radical (unpaired) electrons. The second-order valence-corrected chi connectivity index (χ2v) is 8.20. The number of aromatic hydroxyl groups is 1. The SMILES string of the molecule is CC1(C)CCN(c2ccc(N3C(=O)C(O)c4cc(F)c(O)c(F)c43)cc2)CC1.Cl. The molecular formula is C21H23ClF2N2O3.